The van der Waals surface area contributed by atoms with E-state index in [0.29, 0.717) is 0 Å². The summed E-state index contributed by atoms with van der Waals surface area (Å²) in [6, 6.07) is 0. The highest BCUT2D eigenvalue weighted by atomic mass is 16.3. The Bertz CT molecular complexity index is 424. The van der Waals surface area contributed by atoms with E-state index in [1.165, 1.54) is 30.7 Å². The summed E-state index contributed by atoms with van der Waals surface area (Å²) in [5.74, 6) is 0. The quantitative estimate of drug-likeness (QED) is 0.736. The normalized spacial score (nSPS) is 17.5. The second-order valence-corrected chi connectivity index (χ2v) is 6.36. The second-order valence-electron chi connectivity index (χ2n) is 6.36. The number of nitrogens with zero attached hydrogens (tertiary/aromatic N) is 2. The lowest BCUT2D eigenvalue weighted by molar-refractivity contribution is 0.143. The van der Waals surface area contributed by atoms with Gasteiger partial charge in [0, 0.05) is 17.8 Å². The lowest BCUT2D eigenvalue weighted by Gasteiger charge is -2.32. The summed E-state index contributed by atoms with van der Waals surface area (Å²) in [6.07, 6.45) is 11.1. The van der Waals surface area contributed by atoms with Crippen LogP contribution in [0.3, 0.4) is 0 Å². The molecular formula is C17H31N3O. The number of nitrogens with one attached hydrogen (secondary N) is 1. The monoisotopic (exact) mass is 293 g/mol. The fourth-order valence-electron chi connectivity index (χ4n) is 3.34. The third-order valence-electron chi connectivity index (χ3n) is 4.89. The molecule has 120 valence electrons. The molecule has 0 radical (unpaired) electrons. The van der Waals surface area contributed by atoms with Gasteiger partial charge in [0.2, 0.25) is 0 Å². The predicted octanol–water partition coefficient (Wildman–Crippen LogP) is 2.68. The molecule has 1 aliphatic carbocycles. The maximum atomic E-state index is 9.77. The molecule has 2 rings (SSSR count). The molecule has 0 saturated heterocycles. The Kier molecular flexibility index (Phi) is 6.24. The van der Waals surface area contributed by atoms with Gasteiger partial charge in [-0.15, -0.1) is 0 Å². The van der Waals surface area contributed by atoms with E-state index in [4.69, 9.17) is 0 Å². The fourth-order valence-corrected chi connectivity index (χ4v) is 3.34. The first-order chi connectivity index (χ1) is 10.2. The molecule has 1 heterocycles. The van der Waals surface area contributed by atoms with Crippen LogP contribution in [-0.2, 0) is 19.4 Å². The van der Waals surface area contributed by atoms with Crippen LogP contribution in [0.4, 0.5) is 0 Å². The first-order valence-corrected chi connectivity index (χ1v) is 8.63. The van der Waals surface area contributed by atoms with E-state index in [-0.39, 0.29) is 12.1 Å². The number of aliphatic hydroxyl groups is 1. The molecule has 0 aliphatic heterocycles. The Hall–Kier alpha value is -0.870. The highest BCUT2D eigenvalue weighted by Gasteiger charge is 2.26. The van der Waals surface area contributed by atoms with E-state index in [9.17, 15) is 5.11 Å². The Morgan fingerprint density at radius 3 is 2.86 bits per heavy atom. The van der Waals surface area contributed by atoms with E-state index < -0.39 is 0 Å². The highest BCUT2D eigenvalue weighted by molar-refractivity contribution is 5.16. The molecule has 1 aromatic rings. The van der Waals surface area contributed by atoms with Gasteiger partial charge < -0.3 is 15.0 Å². The third kappa shape index (κ3) is 4.07. The van der Waals surface area contributed by atoms with Crippen molar-refractivity contribution in [3.8, 4) is 0 Å². The van der Waals surface area contributed by atoms with E-state index in [1.54, 1.807) is 0 Å². The van der Waals surface area contributed by atoms with E-state index in [2.05, 4.69) is 28.7 Å². The number of rotatable bonds is 9. The number of hydrogen-bond acceptors (Lipinski definition) is 3. The van der Waals surface area contributed by atoms with Gasteiger partial charge in [-0.2, -0.15) is 0 Å². The van der Waals surface area contributed by atoms with Gasteiger partial charge in [-0.1, -0.05) is 13.8 Å². The van der Waals surface area contributed by atoms with Gasteiger partial charge in [0.25, 0.3) is 0 Å². The average molecular weight is 293 g/mol. The lowest BCUT2D eigenvalue weighted by atomic mass is 9.91. The molecule has 1 unspecified atom stereocenters. The number of fused-ring (bicyclic) bond motifs is 1. The van der Waals surface area contributed by atoms with Crippen molar-refractivity contribution in [3.05, 3.63) is 17.7 Å². The Balaban J connectivity index is 1.88. The summed E-state index contributed by atoms with van der Waals surface area (Å²) in [7, 11) is 0. The molecule has 1 aromatic heterocycles. The van der Waals surface area contributed by atoms with Gasteiger partial charge in [-0.25, -0.2) is 4.98 Å². The lowest BCUT2D eigenvalue weighted by Crippen LogP contribution is -2.48. The minimum absolute atomic E-state index is 0.101. The van der Waals surface area contributed by atoms with Crippen LogP contribution in [0.1, 0.15) is 63.8 Å². The van der Waals surface area contributed by atoms with Crippen LogP contribution >= 0.6 is 0 Å². The maximum Gasteiger partial charge on any atom is 0.0951 e. The highest BCUT2D eigenvalue weighted by Crippen LogP contribution is 2.22. The van der Waals surface area contributed by atoms with Crippen molar-refractivity contribution in [2.75, 3.05) is 13.2 Å². The molecule has 0 spiro atoms. The van der Waals surface area contributed by atoms with Crippen molar-refractivity contribution >= 4 is 0 Å². The summed E-state index contributed by atoms with van der Waals surface area (Å²) in [5.41, 5.74) is 2.67. The molecule has 0 aromatic carbocycles. The average Bonchev–Trinajstić information content (AvgIpc) is 2.94. The molecule has 1 atom stereocenters. The van der Waals surface area contributed by atoms with Gasteiger partial charge >= 0.3 is 0 Å². The smallest absolute Gasteiger partial charge is 0.0951 e. The Morgan fingerprint density at radius 1 is 1.33 bits per heavy atom. The molecule has 1 aliphatic rings. The largest absolute Gasteiger partial charge is 0.394 e. The van der Waals surface area contributed by atoms with Crippen LogP contribution in [0.2, 0.25) is 0 Å². The fraction of sp³-hybridized carbons (Fsp3) is 0.824. The number of aromatic nitrogens is 2. The van der Waals surface area contributed by atoms with Crippen molar-refractivity contribution in [1.29, 1.82) is 0 Å². The molecule has 0 fully saturated rings. The first-order valence-electron chi connectivity index (χ1n) is 8.63. The number of hydrogen-bond donors (Lipinski definition) is 2. The van der Waals surface area contributed by atoms with Crippen molar-refractivity contribution in [3.63, 3.8) is 0 Å². The van der Waals surface area contributed by atoms with Gasteiger partial charge in [0.05, 0.1) is 18.6 Å². The van der Waals surface area contributed by atoms with Crippen LogP contribution in [-0.4, -0.2) is 33.3 Å². The summed E-state index contributed by atoms with van der Waals surface area (Å²) in [6.45, 7) is 6.57. The second kappa shape index (κ2) is 7.95. The van der Waals surface area contributed by atoms with Crippen LogP contribution in [0, 0.1) is 0 Å². The first kappa shape index (κ1) is 16.5. The van der Waals surface area contributed by atoms with Crippen LogP contribution in [0.15, 0.2) is 6.33 Å². The zero-order chi connectivity index (χ0) is 15.1. The molecule has 4 nitrogen and oxygen atoms in total. The van der Waals surface area contributed by atoms with Crippen LogP contribution in [0.5, 0.6) is 0 Å². The Morgan fingerprint density at radius 2 is 2.14 bits per heavy atom. The van der Waals surface area contributed by atoms with Crippen LogP contribution in [0.25, 0.3) is 0 Å². The minimum Gasteiger partial charge on any atom is -0.394 e. The molecule has 2 N–H and O–H groups in total. The summed E-state index contributed by atoms with van der Waals surface area (Å²) in [5, 5.41) is 13.3. The molecule has 0 amide bonds. The topological polar surface area (TPSA) is 50.1 Å². The number of aryl methyl sites for hydroxylation is 2. The molecule has 4 heteroatoms. The van der Waals surface area contributed by atoms with E-state index in [0.717, 1.165) is 45.2 Å². The van der Waals surface area contributed by atoms with Gasteiger partial charge in [0.1, 0.15) is 0 Å². The molecule has 0 bridgehead atoms. The Labute approximate surface area is 129 Å². The molecular weight excluding hydrogens is 262 g/mol. The van der Waals surface area contributed by atoms with Crippen molar-refractivity contribution in [2.45, 2.75) is 77.3 Å². The number of aliphatic hydroxyl groups excluding tert-OH is 1. The summed E-state index contributed by atoms with van der Waals surface area (Å²) in [4.78, 5) is 4.56. The minimum atomic E-state index is -0.101. The maximum absolute atomic E-state index is 9.77. The summed E-state index contributed by atoms with van der Waals surface area (Å²) < 4.78 is 2.34. The SMILES string of the molecule is CCCNC(CC)(CO)CCCn1cnc2c1CCCC2. The van der Waals surface area contributed by atoms with Gasteiger partial charge in [-0.05, 0) is 57.9 Å². The molecule has 21 heavy (non-hydrogen) atoms. The van der Waals surface area contributed by atoms with Crippen molar-refractivity contribution < 1.29 is 5.11 Å². The predicted molar refractivity (Wildman–Crippen MR) is 86.5 cm³/mol. The summed E-state index contributed by atoms with van der Waals surface area (Å²) >= 11 is 0. The van der Waals surface area contributed by atoms with Crippen LogP contribution < -0.4 is 5.32 Å². The van der Waals surface area contributed by atoms with Gasteiger partial charge in [-0.3, -0.25) is 0 Å². The standard InChI is InChI=1S/C17H31N3O/c1-3-11-19-17(4-2,13-21)10-7-12-20-14-18-15-8-5-6-9-16(15)20/h14,19,21H,3-13H2,1-2H3. The van der Waals surface area contributed by atoms with E-state index in [1.807, 2.05) is 6.33 Å². The van der Waals surface area contributed by atoms with Crippen molar-refractivity contribution in [2.24, 2.45) is 0 Å². The third-order valence-corrected chi connectivity index (χ3v) is 4.89. The zero-order valence-corrected chi connectivity index (χ0v) is 13.7. The zero-order valence-electron chi connectivity index (χ0n) is 13.7. The van der Waals surface area contributed by atoms with E-state index >= 15 is 0 Å². The van der Waals surface area contributed by atoms with Gasteiger partial charge in [0.15, 0.2) is 0 Å². The van der Waals surface area contributed by atoms with Crippen molar-refractivity contribution in [1.82, 2.24) is 14.9 Å². The molecule has 0 saturated carbocycles. The number of imidazole rings is 1.